The Balaban J connectivity index is 2.64. The van der Waals surface area contributed by atoms with Crippen LogP contribution < -0.4 is 4.31 Å². The fraction of sp³-hybridized carbons (Fsp3) is 0.316. The van der Waals surface area contributed by atoms with Crippen LogP contribution >= 0.6 is 11.6 Å². The summed E-state index contributed by atoms with van der Waals surface area (Å²) in [6.45, 7) is 3.76. The molecule has 0 aliphatic rings. The van der Waals surface area contributed by atoms with Gasteiger partial charge in [0.2, 0.25) is 0 Å². The molecule has 0 aliphatic heterocycles. The van der Waals surface area contributed by atoms with E-state index < -0.39 is 16.0 Å². The second-order valence-corrected chi connectivity index (χ2v) is 8.11. The SMILES string of the molecule is CCc1cccc(CC)c1N(CCC(=O)O)S(=O)(=O)c1ccc(Cl)cc1. The number of anilines is 1. The van der Waals surface area contributed by atoms with Gasteiger partial charge in [-0.05, 0) is 48.2 Å². The molecule has 26 heavy (non-hydrogen) atoms. The van der Waals surface area contributed by atoms with Crippen LogP contribution in [0.4, 0.5) is 5.69 Å². The molecule has 0 aliphatic carbocycles. The summed E-state index contributed by atoms with van der Waals surface area (Å²) in [4.78, 5) is 11.2. The molecule has 0 radical (unpaired) electrons. The minimum absolute atomic E-state index is 0.0836. The van der Waals surface area contributed by atoms with Crippen LogP contribution in [0.25, 0.3) is 0 Å². The number of carboxylic acids is 1. The summed E-state index contributed by atoms with van der Waals surface area (Å²) in [5.74, 6) is -1.05. The third-order valence-corrected chi connectivity index (χ3v) is 6.21. The van der Waals surface area contributed by atoms with Crippen molar-refractivity contribution in [1.29, 1.82) is 0 Å². The molecular formula is C19H22ClNO4S. The lowest BCUT2D eigenvalue weighted by Gasteiger charge is -2.28. The van der Waals surface area contributed by atoms with E-state index in [9.17, 15) is 13.2 Å². The molecule has 0 aromatic heterocycles. The normalized spacial score (nSPS) is 11.3. The van der Waals surface area contributed by atoms with Gasteiger partial charge in [0.15, 0.2) is 0 Å². The van der Waals surface area contributed by atoms with Gasteiger partial charge in [-0.1, -0.05) is 43.6 Å². The predicted octanol–water partition coefficient (Wildman–Crippen LogP) is 4.13. The fourth-order valence-electron chi connectivity index (χ4n) is 2.82. The van der Waals surface area contributed by atoms with Gasteiger partial charge in [0.1, 0.15) is 0 Å². The molecule has 0 saturated heterocycles. The fourth-order valence-corrected chi connectivity index (χ4v) is 4.49. The maximum Gasteiger partial charge on any atom is 0.305 e. The van der Waals surface area contributed by atoms with Crippen LogP contribution in [-0.4, -0.2) is 26.0 Å². The van der Waals surface area contributed by atoms with Gasteiger partial charge in [0.05, 0.1) is 17.0 Å². The van der Waals surface area contributed by atoms with Crippen molar-refractivity contribution in [2.45, 2.75) is 38.0 Å². The summed E-state index contributed by atoms with van der Waals surface area (Å²) in [7, 11) is -3.92. The summed E-state index contributed by atoms with van der Waals surface area (Å²) in [6, 6.07) is 11.5. The molecule has 0 fully saturated rings. The number of para-hydroxylation sites is 1. The molecule has 5 nitrogen and oxygen atoms in total. The van der Waals surface area contributed by atoms with Gasteiger partial charge in [0, 0.05) is 11.6 Å². The Morgan fingerprint density at radius 2 is 1.58 bits per heavy atom. The Morgan fingerprint density at radius 1 is 1.04 bits per heavy atom. The molecule has 0 bridgehead atoms. The molecule has 0 atom stereocenters. The number of rotatable bonds is 8. The monoisotopic (exact) mass is 395 g/mol. The van der Waals surface area contributed by atoms with E-state index in [1.54, 1.807) is 0 Å². The van der Waals surface area contributed by atoms with Crippen LogP contribution in [-0.2, 0) is 27.7 Å². The summed E-state index contributed by atoms with van der Waals surface area (Å²) >= 11 is 5.87. The van der Waals surface area contributed by atoms with Crippen LogP contribution in [0, 0.1) is 0 Å². The van der Waals surface area contributed by atoms with Crippen molar-refractivity contribution in [1.82, 2.24) is 0 Å². The molecule has 0 unspecified atom stereocenters. The van der Waals surface area contributed by atoms with Gasteiger partial charge in [-0.2, -0.15) is 0 Å². The van der Waals surface area contributed by atoms with Gasteiger partial charge in [-0.3, -0.25) is 9.10 Å². The van der Waals surface area contributed by atoms with E-state index in [0.717, 1.165) is 11.1 Å². The topological polar surface area (TPSA) is 74.7 Å². The zero-order valence-electron chi connectivity index (χ0n) is 14.8. The lowest BCUT2D eigenvalue weighted by molar-refractivity contribution is -0.136. The lowest BCUT2D eigenvalue weighted by atomic mass is 10.0. The van der Waals surface area contributed by atoms with Crippen LogP contribution in [0.2, 0.25) is 5.02 Å². The van der Waals surface area contributed by atoms with Gasteiger partial charge >= 0.3 is 5.97 Å². The Labute approximate surface area is 159 Å². The summed E-state index contributed by atoms with van der Waals surface area (Å²) in [5, 5.41) is 9.53. The van der Waals surface area contributed by atoms with Crippen molar-refractivity contribution in [3.63, 3.8) is 0 Å². The second-order valence-electron chi connectivity index (χ2n) is 5.81. The standard InChI is InChI=1S/C19H22ClNO4S/c1-3-14-6-5-7-15(4-2)19(14)21(13-12-18(22)23)26(24,25)17-10-8-16(20)9-11-17/h5-11H,3-4,12-13H2,1-2H3,(H,22,23). The van der Waals surface area contributed by atoms with Crippen molar-refractivity contribution in [2.75, 3.05) is 10.8 Å². The maximum absolute atomic E-state index is 13.3. The first-order chi connectivity index (χ1) is 12.3. The van der Waals surface area contributed by atoms with Gasteiger partial charge in [0.25, 0.3) is 10.0 Å². The number of carbonyl (C=O) groups is 1. The number of hydrogen-bond donors (Lipinski definition) is 1. The molecule has 2 aromatic carbocycles. The highest BCUT2D eigenvalue weighted by atomic mass is 35.5. The molecule has 2 rings (SSSR count). The van der Waals surface area contributed by atoms with Crippen molar-refractivity contribution in [2.24, 2.45) is 0 Å². The third kappa shape index (κ3) is 4.37. The van der Waals surface area contributed by atoms with Crippen LogP contribution in [0.15, 0.2) is 47.4 Å². The molecule has 0 amide bonds. The largest absolute Gasteiger partial charge is 0.481 e. The van der Waals surface area contributed by atoms with Crippen molar-refractivity contribution in [3.05, 3.63) is 58.6 Å². The van der Waals surface area contributed by atoms with Crippen LogP contribution in [0.5, 0.6) is 0 Å². The Bertz CT molecular complexity index is 857. The highest BCUT2D eigenvalue weighted by Gasteiger charge is 2.28. The average Bonchev–Trinajstić information content (AvgIpc) is 2.61. The molecule has 0 heterocycles. The number of benzene rings is 2. The van der Waals surface area contributed by atoms with Crippen molar-refractivity contribution < 1.29 is 18.3 Å². The number of sulfonamides is 1. The number of halogens is 1. The first-order valence-corrected chi connectivity index (χ1v) is 10.2. The maximum atomic E-state index is 13.3. The quantitative estimate of drug-likeness (QED) is 0.729. The summed E-state index contributed by atoms with van der Waals surface area (Å²) in [5.41, 5.74) is 2.31. The number of nitrogens with zero attached hydrogens (tertiary/aromatic N) is 1. The van der Waals surface area contributed by atoms with Crippen LogP contribution in [0.3, 0.4) is 0 Å². The first-order valence-electron chi connectivity index (χ1n) is 8.42. The van der Waals surface area contributed by atoms with Crippen LogP contribution in [0.1, 0.15) is 31.4 Å². The minimum atomic E-state index is -3.92. The molecule has 0 spiro atoms. The number of hydrogen-bond acceptors (Lipinski definition) is 3. The molecule has 1 N–H and O–H groups in total. The van der Waals surface area contributed by atoms with E-state index >= 15 is 0 Å². The van der Waals surface area contributed by atoms with E-state index in [0.29, 0.717) is 23.6 Å². The first kappa shape index (κ1) is 20.3. The molecular weight excluding hydrogens is 374 g/mol. The Morgan fingerprint density at radius 3 is 2.04 bits per heavy atom. The molecule has 7 heteroatoms. The van der Waals surface area contributed by atoms with Gasteiger partial charge < -0.3 is 5.11 Å². The average molecular weight is 396 g/mol. The van der Waals surface area contributed by atoms with Gasteiger partial charge in [-0.25, -0.2) is 8.42 Å². The highest BCUT2D eigenvalue weighted by molar-refractivity contribution is 7.92. The highest BCUT2D eigenvalue weighted by Crippen LogP contribution is 2.32. The second kappa shape index (κ2) is 8.56. The summed E-state index contributed by atoms with van der Waals surface area (Å²) < 4.78 is 27.8. The lowest BCUT2D eigenvalue weighted by Crippen LogP contribution is -2.34. The van der Waals surface area contributed by atoms with E-state index in [-0.39, 0.29) is 17.9 Å². The predicted molar refractivity (Wildman–Crippen MR) is 103 cm³/mol. The third-order valence-electron chi connectivity index (χ3n) is 4.14. The Hall–Kier alpha value is -2.05. The van der Waals surface area contributed by atoms with E-state index in [1.807, 2.05) is 32.0 Å². The Kier molecular flexibility index (Phi) is 6.67. The molecule has 2 aromatic rings. The van der Waals surface area contributed by atoms with E-state index in [4.69, 9.17) is 16.7 Å². The summed E-state index contributed by atoms with van der Waals surface area (Å²) in [6.07, 6.45) is 1.000. The minimum Gasteiger partial charge on any atom is -0.481 e. The van der Waals surface area contributed by atoms with Crippen molar-refractivity contribution in [3.8, 4) is 0 Å². The van der Waals surface area contributed by atoms with Gasteiger partial charge in [-0.15, -0.1) is 0 Å². The molecule has 0 saturated carbocycles. The van der Waals surface area contributed by atoms with E-state index in [1.165, 1.54) is 28.6 Å². The zero-order valence-corrected chi connectivity index (χ0v) is 16.3. The van der Waals surface area contributed by atoms with E-state index in [2.05, 4.69) is 0 Å². The number of carboxylic acid groups (broad SMARTS) is 1. The number of aryl methyl sites for hydroxylation is 2. The zero-order chi connectivity index (χ0) is 19.3. The smallest absolute Gasteiger partial charge is 0.305 e. The number of aliphatic carboxylic acids is 1. The molecule has 140 valence electrons. The van der Waals surface area contributed by atoms with Crippen molar-refractivity contribution >= 4 is 33.3 Å².